The Labute approximate surface area is 79.1 Å². The molecule has 0 bridgehead atoms. The molecule has 0 radical (unpaired) electrons. The van der Waals surface area contributed by atoms with Gasteiger partial charge in [-0.15, -0.1) is 0 Å². The van der Waals surface area contributed by atoms with E-state index in [4.69, 9.17) is 6.13 Å². The second-order valence-corrected chi connectivity index (χ2v) is 3.56. The number of carbonyl (C=O) groups is 2. The summed E-state index contributed by atoms with van der Waals surface area (Å²) in [6, 6.07) is 0. The molecule has 0 saturated carbocycles. The van der Waals surface area contributed by atoms with Gasteiger partial charge < -0.3 is 0 Å². The van der Waals surface area contributed by atoms with Gasteiger partial charge in [0.15, 0.2) is 0 Å². The Morgan fingerprint density at radius 2 is 2.00 bits per heavy atom. The first-order valence-corrected chi connectivity index (χ1v) is 4.84. The van der Waals surface area contributed by atoms with Gasteiger partial charge in [0.1, 0.15) is 0 Å². The summed E-state index contributed by atoms with van der Waals surface area (Å²) in [5, 5.41) is 2.35. The summed E-state index contributed by atoms with van der Waals surface area (Å²) in [5.74, 6) is -0.930. The summed E-state index contributed by atoms with van der Waals surface area (Å²) < 4.78 is 4.35. The number of rotatable bonds is 3. The standard InChI is InChI=1S/C8H12NO3P/c1-5(2)6(10)7(13-4)9-8(11)12-3/h4-5,7H,1-3H3/p+1. The third kappa shape index (κ3) is 4.07. The van der Waals surface area contributed by atoms with Crippen LogP contribution in [0.25, 0.3) is 0 Å². The zero-order valence-corrected chi connectivity index (χ0v) is 8.80. The van der Waals surface area contributed by atoms with Crippen LogP contribution in [0.3, 0.4) is 0 Å². The van der Waals surface area contributed by atoms with Crippen LogP contribution in [0, 0.1) is 12.0 Å². The summed E-state index contributed by atoms with van der Waals surface area (Å²) >= 11 is 0. The van der Waals surface area contributed by atoms with Crippen LogP contribution in [-0.2, 0) is 9.53 Å². The van der Waals surface area contributed by atoms with Crippen molar-refractivity contribution in [3.05, 3.63) is 0 Å². The van der Waals surface area contributed by atoms with Crippen molar-refractivity contribution < 1.29 is 14.3 Å². The van der Waals surface area contributed by atoms with E-state index in [2.05, 4.69) is 10.1 Å². The number of hydrogen-bond acceptors (Lipinski definition) is 3. The second-order valence-electron chi connectivity index (χ2n) is 2.74. The number of ketones is 1. The number of hydrogen-bond donors (Lipinski definition) is 1. The van der Waals surface area contributed by atoms with Crippen LogP contribution in [0.1, 0.15) is 13.8 Å². The van der Waals surface area contributed by atoms with Gasteiger partial charge in [0, 0.05) is 0 Å². The van der Waals surface area contributed by atoms with Crippen LogP contribution >= 0.6 is 8.04 Å². The molecule has 72 valence electrons. The molecule has 0 rings (SSSR count). The first-order valence-electron chi connectivity index (χ1n) is 3.81. The minimum atomic E-state index is -0.674. The van der Waals surface area contributed by atoms with Crippen molar-refractivity contribution >= 4 is 19.9 Å². The molecule has 13 heavy (non-hydrogen) atoms. The number of methoxy groups -OCH3 is 1. The molecule has 0 aliphatic rings. The van der Waals surface area contributed by atoms with Gasteiger partial charge in [-0.25, -0.2) is 0 Å². The van der Waals surface area contributed by atoms with Gasteiger partial charge in [0.2, 0.25) is 0 Å². The number of carbonyl (C=O) groups excluding carboxylic acids is 2. The van der Waals surface area contributed by atoms with Crippen molar-refractivity contribution in [2.24, 2.45) is 5.92 Å². The van der Waals surface area contributed by atoms with E-state index >= 15 is 0 Å². The van der Waals surface area contributed by atoms with Crippen LogP contribution in [0.4, 0.5) is 4.79 Å². The summed E-state index contributed by atoms with van der Waals surface area (Å²) in [6.07, 6.45) is 4.65. The van der Waals surface area contributed by atoms with Gasteiger partial charge in [0.25, 0.3) is 0 Å². The van der Waals surface area contributed by atoms with Crippen LogP contribution < -0.4 is 5.32 Å². The molecular formula is C8H13NO3P+. The van der Waals surface area contributed by atoms with E-state index in [1.54, 1.807) is 13.8 Å². The summed E-state index contributed by atoms with van der Waals surface area (Å²) in [7, 11) is 1.56. The molecule has 0 aliphatic carbocycles. The van der Waals surface area contributed by atoms with Crippen molar-refractivity contribution in [1.29, 1.82) is 0 Å². The van der Waals surface area contributed by atoms with Gasteiger partial charge >= 0.3 is 78.3 Å². The van der Waals surface area contributed by atoms with E-state index in [1.165, 1.54) is 7.11 Å². The summed E-state index contributed by atoms with van der Waals surface area (Å²) in [4.78, 5) is 22.1. The first kappa shape index (κ1) is 12.2. The van der Waals surface area contributed by atoms with Gasteiger partial charge in [-0.2, -0.15) is 0 Å². The van der Waals surface area contributed by atoms with Crippen molar-refractivity contribution in [1.82, 2.24) is 5.32 Å². The van der Waals surface area contributed by atoms with Crippen LogP contribution in [0.15, 0.2) is 0 Å². The molecule has 0 spiro atoms. The SMILES string of the molecule is C#[P+]C(NC(=O)OC)C(=O)C(C)C. The molecule has 5 heteroatoms. The molecule has 4 nitrogen and oxygen atoms in total. The normalized spacial score (nSPS) is 11.9. The Balaban J connectivity index is 4.29. The van der Waals surface area contributed by atoms with Crippen LogP contribution in [0.5, 0.6) is 0 Å². The monoisotopic (exact) mass is 202 g/mol. The number of nitrogens with one attached hydrogen (secondary N) is 1. The molecule has 1 amide bonds. The Morgan fingerprint density at radius 1 is 1.46 bits per heavy atom. The van der Waals surface area contributed by atoms with Crippen LogP contribution in [0.2, 0.25) is 0 Å². The maximum absolute atomic E-state index is 11.4. The van der Waals surface area contributed by atoms with Gasteiger partial charge in [-0.1, -0.05) is 0 Å². The Morgan fingerprint density at radius 3 is 2.31 bits per heavy atom. The summed E-state index contributed by atoms with van der Waals surface area (Å²) in [6.45, 7) is 3.50. The predicted octanol–water partition coefficient (Wildman–Crippen LogP) is 1.43. The van der Waals surface area contributed by atoms with Crippen molar-refractivity contribution in [3.63, 3.8) is 0 Å². The molecule has 0 saturated heterocycles. The first-order chi connectivity index (χ1) is 6.02. The Kier molecular flexibility index (Phi) is 5.36. The van der Waals surface area contributed by atoms with Crippen LogP contribution in [-0.4, -0.2) is 24.8 Å². The van der Waals surface area contributed by atoms with E-state index in [0.29, 0.717) is 8.04 Å². The number of ether oxygens (including phenoxy) is 1. The molecule has 0 aromatic heterocycles. The molecule has 0 aromatic rings. The number of alkyl carbamates (subject to hydrolysis) is 1. The third-order valence-corrected chi connectivity index (χ3v) is 2.11. The topological polar surface area (TPSA) is 55.4 Å². The number of amides is 1. The van der Waals surface area contributed by atoms with E-state index in [9.17, 15) is 9.59 Å². The predicted molar refractivity (Wildman–Crippen MR) is 51.0 cm³/mol. The summed E-state index contributed by atoms with van der Waals surface area (Å²) in [5.41, 5.74) is 0. The molecule has 0 aliphatic heterocycles. The number of Topliss-reactive ketones (excluding diaryl/α,β-unsaturated/α-hetero) is 1. The zero-order chi connectivity index (χ0) is 10.4. The van der Waals surface area contributed by atoms with Gasteiger partial charge in [0.05, 0.1) is 0 Å². The third-order valence-electron chi connectivity index (χ3n) is 1.43. The fourth-order valence-corrected chi connectivity index (χ4v) is 1.29. The maximum atomic E-state index is 11.4. The minimum absolute atomic E-state index is 0.102. The average Bonchev–Trinajstić information content (AvgIpc) is 2.12. The molecule has 1 atom stereocenters. The molecular weight excluding hydrogens is 189 g/mol. The van der Waals surface area contributed by atoms with E-state index < -0.39 is 11.9 Å². The molecule has 0 heterocycles. The van der Waals surface area contributed by atoms with Crippen molar-refractivity contribution in [2.45, 2.75) is 19.6 Å². The van der Waals surface area contributed by atoms with E-state index in [-0.39, 0.29) is 11.7 Å². The van der Waals surface area contributed by atoms with Crippen molar-refractivity contribution in [3.8, 4) is 6.13 Å². The quantitative estimate of drug-likeness (QED) is 0.704. The van der Waals surface area contributed by atoms with E-state index in [1.807, 2.05) is 0 Å². The molecule has 1 N–H and O–H groups in total. The molecule has 1 unspecified atom stereocenters. The van der Waals surface area contributed by atoms with Gasteiger partial charge in [-0.05, 0) is 0 Å². The Bertz CT molecular complexity index is 244. The van der Waals surface area contributed by atoms with Crippen molar-refractivity contribution in [2.75, 3.05) is 7.11 Å². The molecule has 0 aromatic carbocycles. The van der Waals surface area contributed by atoms with E-state index in [0.717, 1.165) is 0 Å². The average molecular weight is 202 g/mol. The fraction of sp³-hybridized carbons (Fsp3) is 0.625. The zero-order valence-electron chi connectivity index (χ0n) is 7.90. The second kappa shape index (κ2) is 5.74. The fourth-order valence-electron chi connectivity index (χ4n) is 0.668. The van der Waals surface area contributed by atoms with Gasteiger partial charge in [-0.3, -0.25) is 0 Å². The Hall–Kier alpha value is -0.850. The molecule has 0 fully saturated rings.